The molecule has 1 aliphatic carbocycles. The van der Waals surface area contributed by atoms with Gasteiger partial charge in [0.15, 0.2) is 0 Å². The van der Waals surface area contributed by atoms with E-state index in [-0.39, 0.29) is 5.41 Å². The Hall–Kier alpha value is -5.76. The Balaban J connectivity index is 1.21. The molecule has 10 aromatic rings. The van der Waals surface area contributed by atoms with Crippen LogP contribution in [0.4, 0.5) is 0 Å². The molecule has 0 bridgehead atoms. The van der Waals surface area contributed by atoms with E-state index in [0.717, 1.165) is 0 Å². The summed E-state index contributed by atoms with van der Waals surface area (Å²) in [7, 11) is 0. The van der Waals surface area contributed by atoms with E-state index in [4.69, 9.17) is 0 Å². The molecule has 0 atom stereocenters. The maximum Gasteiger partial charge on any atom is 0.0434 e. The maximum atomic E-state index is 2.51. The lowest BCUT2D eigenvalue weighted by Gasteiger charge is -2.22. The summed E-state index contributed by atoms with van der Waals surface area (Å²) in [6.07, 6.45) is 0. The van der Waals surface area contributed by atoms with Gasteiger partial charge in [-0.3, -0.25) is 0 Å². The summed E-state index contributed by atoms with van der Waals surface area (Å²) in [4.78, 5) is 0. The average Bonchev–Trinajstić information content (AvgIpc) is 3.65. The molecule has 0 spiro atoms. The summed E-state index contributed by atoms with van der Waals surface area (Å²) in [6, 6.07) is 59.2. The summed E-state index contributed by atoms with van der Waals surface area (Å²) in [5.74, 6) is 0. The molecule has 0 saturated carbocycles. The van der Waals surface area contributed by atoms with Gasteiger partial charge in [-0.15, -0.1) is 11.3 Å². The van der Waals surface area contributed by atoms with E-state index in [1.54, 1.807) is 0 Å². The molecule has 234 valence electrons. The second-order valence-corrected chi connectivity index (χ2v) is 15.5. The summed E-state index contributed by atoms with van der Waals surface area (Å²) < 4.78 is 2.75. The summed E-state index contributed by atoms with van der Waals surface area (Å²) in [5.41, 5.74) is 10.7. The van der Waals surface area contributed by atoms with Gasteiger partial charge in [-0.05, 0) is 106 Å². The first kappa shape index (κ1) is 28.1. The molecule has 0 N–H and O–H groups in total. The third-order valence-electron chi connectivity index (χ3n) is 11.4. The summed E-state index contributed by atoms with van der Waals surface area (Å²) in [5, 5.41) is 13.1. The third-order valence-corrected chi connectivity index (χ3v) is 12.6. The molecule has 1 heterocycles. The Bertz CT molecular complexity index is 3010. The minimum absolute atomic E-state index is 0.0907. The fourth-order valence-corrected chi connectivity index (χ4v) is 10.3. The molecular formula is C49H32S. The van der Waals surface area contributed by atoms with Crippen molar-refractivity contribution < 1.29 is 0 Å². The van der Waals surface area contributed by atoms with Gasteiger partial charge in [-0.25, -0.2) is 0 Å². The van der Waals surface area contributed by atoms with E-state index in [1.165, 1.54) is 108 Å². The van der Waals surface area contributed by atoms with Crippen LogP contribution in [0.1, 0.15) is 25.0 Å². The van der Waals surface area contributed by atoms with Crippen molar-refractivity contribution in [2.75, 3.05) is 0 Å². The Morgan fingerprint density at radius 1 is 0.400 bits per heavy atom. The monoisotopic (exact) mass is 652 g/mol. The first-order valence-corrected chi connectivity index (χ1v) is 18.3. The Morgan fingerprint density at radius 3 is 1.64 bits per heavy atom. The van der Waals surface area contributed by atoms with Crippen molar-refractivity contribution in [2.45, 2.75) is 19.3 Å². The quantitative estimate of drug-likeness (QED) is 0.163. The van der Waals surface area contributed by atoms with Crippen LogP contribution in [0.25, 0.3) is 96.6 Å². The molecule has 1 aliphatic rings. The van der Waals surface area contributed by atoms with Crippen molar-refractivity contribution in [3.8, 4) is 33.4 Å². The topological polar surface area (TPSA) is 0 Å². The number of thiophene rings is 1. The highest BCUT2D eigenvalue weighted by molar-refractivity contribution is 7.26. The van der Waals surface area contributed by atoms with Crippen molar-refractivity contribution in [1.82, 2.24) is 0 Å². The van der Waals surface area contributed by atoms with Gasteiger partial charge >= 0.3 is 0 Å². The number of fused-ring (bicyclic) bond motifs is 12. The first-order valence-electron chi connectivity index (χ1n) is 17.5. The van der Waals surface area contributed by atoms with Crippen LogP contribution in [0, 0.1) is 0 Å². The average molecular weight is 653 g/mol. The Labute approximate surface area is 294 Å². The molecule has 50 heavy (non-hydrogen) atoms. The third kappa shape index (κ3) is 3.76. The van der Waals surface area contributed by atoms with Crippen LogP contribution in [0.15, 0.2) is 158 Å². The summed E-state index contributed by atoms with van der Waals surface area (Å²) >= 11 is 1.94. The molecule has 0 saturated heterocycles. The lowest BCUT2D eigenvalue weighted by Crippen LogP contribution is -2.14. The van der Waals surface area contributed by atoms with Gasteiger partial charge in [0, 0.05) is 25.6 Å². The van der Waals surface area contributed by atoms with Gasteiger partial charge in [0.2, 0.25) is 0 Å². The van der Waals surface area contributed by atoms with Gasteiger partial charge in [-0.1, -0.05) is 153 Å². The van der Waals surface area contributed by atoms with Crippen LogP contribution in [0.5, 0.6) is 0 Å². The molecule has 0 aliphatic heterocycles. The highest BCUT2D eigenvalue weighted by atomic mass is 32.1. The standard InChI is InChI=1S/C49H32S/c1-49(2)41-24-22-33(28-40(41)46-42(49)25-26-43-47(46)39-23-21-30-12-5-6-14-34(30)48(39)50-43)45-37-17-9-7-15-35(37)44(36-16-8-10-18-38(36)45)32-20-19-29-11-3-4-13-31(29)27-32/h3-28H,1-2H3. The van der Waals surface area contributed by atoms with Gasteiger partial charge in [0.05, 0.1) is 0 Å². The predicted molar refractivity (Wildman–Crippen MR) is 218 cm³/mol. The van der Waals surface area contributed by atoms with E-state index >= 15 is 0 Å². The van der Waals surface area contributed by atoms with Gasteiger partial charge in [0.1, 0.15) is 0 Å². The number of hydrogen-bond acceptors (Lipinski definition) is 1. The fourth-order valence-electron chi connectivity index (χ4n) is 9.09. The van der Waals surface area contributed by atoms with Gasteiger partial charge < -0.3 is 0 Å². The van der Waals surface area contributed by atoms with Crippen molar-refractivity contribution >= 4 is 74.6 Å². The zero-order valence-corrected chi connectivity index (χ0v) is 28.7. The normalized spacial score (nSPS) is 13.6. The lowest BCUT2D eigenvalue weighted by molar-refractivity contribution is 0.661. The molecule has 9 aromatic carbocycles. The summed E-state index contributed by atoms with van der Waals surface area (Å²) in [6.45, 7) is 4.80. The minimum Gasteiger partial charge on any atom is -0.135 e. The Morgan fingerprint density at radius 2 is 0.940 bits per heavy atom. The predicted octanol–water partition coefficient (Wildman–Crippen LogP) is 14.3. The van der Waals surface area contributed by atoms with Crippen molar-refractivity contribution in [3.05, 3.63) is 169 Å². The molecular weight excluding hydrogens is 621 g/mol. The van der Waals surface area contributed by atoms with Crippen LogP contribution in [0.3, 0.4) is 0 Å². The van der Waals surface area contributed by atoms with Crippen molar-refractivity contribution in [3.63, 3.8) is 0 Å². The lowest BCUT2D eigenvalue weighted by atomic mass is 9.81. The largest absolute Gasteiger partial charge is 0.135 e. The minimum atomic E-state index is -0.0907. The van der Waals surface area contributed by atoms with E-state index in [2.05, 4.69) is 172 Å². The van der Waals surface area contributed by atoms with Gasteiger partial charge in [0.25, 0.3) is 0 Å². The van der Waals surface area contributed by atoms with Crippen LogP contribution in [-0.4, -0.2) is 0 Å². The highest BCUT2D eigenvalue weighted by Gasteiger charge is 2.37. The number of benzene rings is 9. The highest BCUT2D eigenvalue weighted by Crippen LogP contribution is 2.56. The van der Waals surface area contributed by atoms with Crippen LogP contribution >= 0.6 is 11.3 Å². The molecule has 0 radical (unpaired) electrons. The zero-order valence-electron chi connectivity index (χ0n) is 27.9. The smallest absolute Gasteiger partial charge is 0.0434 e. The van der Waals surface area contributed by atoms with E-state index in [9.17, 15) is 0 Å². The fraction of sp³-hybridized carbons (Fsp3) is 0.0612. The van der Waals surface area contributed by atoms with E-state index in [1.807, 2.05) is 11.3 Å². The second kappa shape index (κ2) is 10.1. The maximum absolute atomic E-state index is 2.51. The van der Waals surface area contributed by atoms with E-state index < -0.39 is 0 Å². The molecule has 1 aromatic heterocycles. The van der Waals surface area contributed by atoms with Gasteiger partial charge in [-0.2, -0.15) is 0 Å². The zero-order chi connectivity index (χ0) is 33.1. The van der Waals surface area contributed by atoms with Crippen molar-refractivity contribution in [2.24, 2.45) is 0 Å². The molecule has 0 nitrogen and oxygen atoms in total. The van der Waals surface area contributed by atoms with Crippen LogP contribution in [-0.2, 0) is 5.41 Å². The second-order valence-electron chi connectivity index (χ2n) is 14.4. The molecule has 0 amide bonds. The number of rotatable bonds is 2. The molecule has 0 fully saturated rings. The van der Waals surface area contributed by atoms with Crippen LogP contribution in [0.2, 0.25) is 0 Å². The SMILES string of the molecule is CC1(C)c2ccc(-c3c4ccccc4c(-c4ccc5ccccc5c4)c4ccccc34)cc2-c2c1ccc1sc3c4ccccc4ccc3c21. The first-order chi connectivity index (χ1) is 24.6. The molecule has 0 unspecified atom stereocenters. The molecule has 11 rings (SSSR count). The molecule has 1 heteroatoms. The Kier molecular flexibility index (Phi) is 5.70. The number of hydrogen-bond donors (Lipinski definition) is 0. The van der Waals surface area contributed by atoms with Crippen LogP contribution < -0.4 is 0 Å². The van der Waals surface area contributed by atoms with E-state index in [0.29, 0.717) is 0 Å². The van der Waals surface area contributed by atoms with Crippen molar-refractivity contribution in [1.29, 1.82) is 0 Å².